The van der Waals surface area contributed by atoms with Crippen LogP contribution in [0.3, 0.4) is 0 Å². The number of alkyl halides is 3. The van der Waals surface area contributed by atoms with Gasteiger partial charge in [0.05, 0.1) is 5.56 Å². The maximum absolute atomic E-state index is 13.4. The minimum atomic E-state index is -4.71. The predicted octanol–water partition coefficient (Wildman–Crippen LogP) is 4.03. The highest BCUT2D eigenvalue weighted by Crippen LogP contribution is 2.37. The van der Waals surface area contributed by atoms with Crippen molar-refractivity contribution in [3.05, 3.63) is 53.0 Å². The lowest BCUT2D eigenvalue weighted by Gasteiger charge is -2.27. The van der Waals surface area contributed by atoms with Crippen molar-refractivity contribution in [2.75, 3.05) is 16.8 Å². The molecule has 1 aromatic carbocycles. The van der Waals surface area contributed by atoms with Gasteiger partial charge in [0.1, 0.15) is 29.3 Å². The third kappa shape index (κ3) is 3.91. The van der Waals surface area contributed by atoms with Crippen molar-refractivity contribution >= 4 is 17.4 Å². The highest BCUT2D eigenvalue weighted by Gasteiger charge is 2.39. The number of halogens is 4. The first-order chi connectivity index (χ1) is 13.2. The number of nitriles is 1. The molecule has 0 aliphatic carbocycles. The summed E-state index contributed by atoms with van der Waals surface area (Å²) in [6, 6.07) is 6.79. The summed E-state index contributed by atoms with van der Waals surface area (Å²) in [6.07, 6.45) is -3.75. The van der Waals surface area contributed by atoms with Crippen LogP contribution in [-0.4, -0.2) is 23.5 Å². The second-order valence-electron chi connectivity index (χ2n) is 6.47. The number of nitrogens with one attached hydrogen (secondary N) is 1. The van der Waals surface area contributed by atoms with Gasteiger partial charge in [-0.2, -0.15) is 18.4 Å². The summed E-state index contributed by atoms with van der Waals surface area (Å²) in [5, 5.41) is 12.0. The molecule has 1 fully saturated rings. The zero-order valence-corrected chi connectivity index (χ0v) is 14.8. The van der Waals surface area contributed by atoms with E-state index in [4.69, 9.17) is 0 Å². The number of pyridine rings is 1. The molecule has 3 rings (SSSR count). The molecule has 0 bridgehead atoms. The lowest BCUT2D eigenvalue weighted by molar-refractivity contribution is -0.137. The molecule has 0 spiro atoms. The fourth-order valence-electron chi connectivity index (χ4n) is 3.25. The Morgan fingerprint density at radius 1 is 1.32 bits per heavy atom. The maximum atomic E-state index is 13.4. The number of benzene rings is 1. The average Bonchev–Trinajstić information content (AvgIpc) is 3.12. The Kier molecular flexibility index (Phi) is 5.23. The molecule has 2 aromatic rings. The van der Waals surface area contributed by atoms with Crippen LogP contribution in [0.1, 0.15) is 29.7 Å². The second kappa shape index (κ2) is 7.46. The highest BCUT2D eigenvalue weighted by atomic mass is 19.4. The number of carbonyl (C=O) groups excluding carboxylic acids is 1. The molecular weight excluding hydrogens is 376 g/mol. The van der Waals surface area contributed by atoms with Crippen molar-refractivity contribution in [2.24, 2.45) is 0 Å². The summed E-state index contributed by atoms with van der Waals surface area (Å²) < 4.78 is 53.1. The van der Waals surface area contributed by atoms with E-state index in [0.29, 0.717) is 25.1 Å². The van der Waals surface area contributed by atoms with Gasteiger partial charge in [0.15, 0.2) is 0 Å². The van der Waals surface area contributed by atoms with Crippen LogP contribution in [0.4, 0.5) is 29.1 Å². The molecule has 1 unspecified atom stereocenters. The molecule has 28 heavy (non-hydrogen) atoms. The van der Waals surface area contributed by atoms with E-state index in [9.17, 15) is 27.6 Å². The van der Waals surface area contributed by atoms with Crippen LogP contribution in [-0.2, 0) is 11.0 Å². The molecule has 0 saturated carbocycles. The number of aryl methyl sites for hydroxylation is 1. The van der Waals surface area contributed by atoms with E-state index in [2.05, 4.69) is 10.3 Å². The predicted molar refractivity (Wildman–Crippen MR) is 94.1 cm³/mol. The van der Waals surface area contributed by atoms with Gasteiger partial charge in [-0.1, -0.05) is 0 Å². The third-order valence-corrected chi connectivity index (χ3v) is 4.48. The summed E-state index contributed by atoms with van der Waals surface area (Å²) in [5.41, 5.74) is -1.19. The Labute approximate surface area is 158 Å². The number of hydrogen-bond acceptors (Lipinski definition) is 4. The van der Waals surface area contributed by atoms with Gasteiger partial charge < -0.3 is 10.2 Å². The Balaban J connectivity index is 1.94. The van der Waals surface area contributed by atoms with E-state index in [0.717, 1.165) is 6.07 Å². The van der Waals surface area contributed by atoms with Crippen LogP contribution < -0.4 is 10.2 Å². The van der Waals surface area contributed by atoms with E-state index >= 15 is 0 Å². The minimum absolute atomic E-state index is 0.103. The van der Waals surface area contributed by atoms with Crippen molar-refractivity contribution in [3.63, 3.8) is 0 Å². The monoisotopic (exact) mass is 392 g/mol. The zero-order valence-electron chi connectivity index (χ0n) is 14.8. The van der Waals surface area contributed by atoms with Gasteiger partial charge in [0.25, 0.3) is 0 Å². The Bertz CT molecular complexity index is 935. The molecule has 1 saturated heterocycles. The highest BCUT2D eigenvalue weighted by molar-refractivity contribution is 5.97. The van der Waals surface area contributed by atoms with Gasteiger partial charge in [0, 0.05) is 17.9 Å². The molecule has 1 aromatic heterocycles. The summed E-state index contributed by atoms with van der Waals surface area (Å²) in [6.45, 7) is 1.70. The van der Waals surface area contributed by atoms with Gasteiger partial charge in [-0.15, -0.1) is 0 Å². The number of nitrogens with zero attached hydrogens (tertiary/aromatic N) is 3. The van der Waals surface area contributed by atoms with E-state index < -0.39 is 35.1 Å². The molecule has 1 atom stereocenters. The zero-order chi connectivity index (χ0) is 20.5. The largest absolute Gasteiger partial charge is 0.417 e. The van der Waals surface area contributed by atoms with E-state index in [1.54, 1.807) is 6.07 Å². The summed E-state index contributed by atoms with van der Waals surface area (Å²) in [7, 11) is 0. The van der Waals surface area contributed by atoms with Crippen LogP contribution >= 0.6 is 0 Å². The number of anilines is 2. The second-order valence-corrected chi connectivity index (χ2v) is 6.47. The lowest BCUT2D eigenvalue weighted by Crippen LogP contribution is -2.40. The van der Waals surface area contributed by atoms with Gasteiger partial charge >= 0.3 is 6.18 Å². The summed E-state index contributed by atoms with van der Waals surface area (Å²) in [5.74, 6) is -1.06. The quantitative estimate of drug-likeness (QED) is 0.801. The molecule has 1 aliphatic rings. The molecule has 1 aliphatic heterocycles. The van der Waals surface area contributed by atoms with Crippen molar-refractivity contribution in [2.45, 2.75) is 32.0 Å². The first-order valence-electron chi connectivity index (χ1n) is 8.52. The molecule has 1 N–H and O–H groups in total. The van der Waals surface area contributed by atoms with Crippen molar-refractivity contribution in [1.82, 2.24) is 4.98 Å². The van der Waals surface area contributed by atoms with Gasteiger partial charge in [-0.25, -0.2) is 9.37 Å². The first kappa shape index (κ1) is 19.6. The Morgan fingerprint density at radius 2 is 2.00 bits per heavy atom. The Morgan fingerprint density at radius 3 is 2.61 bits per heavy atom. The number of aromatic nitrogens is 1. The molecule has 5 nitrogen and oxygen atoms in total. The number of rotatable bonds is 3. The van der Waals surface area contributed by atoms with Gasteiger partial charge in [0.2, 0.25) is 5.91 Å². The number of amides is 1. The molecular formula is C19H16F4N4O. The fraction of sp³-hybridized carbons (Fsp3) is 0.316. The SMILES string of the molecule is Cc1cc(C(F)(F)F)c(C#N)c(N2CCCC2C(=O)Nc2ccc(F)cc2)n1. The summed E-state index contributed by atoms with van der Waals surface area (Å²) in [4.78, 5) is 18.2. The average molecular weight is 392 g/mol. The third-order valence-electron chi connectivity index (χ3n) is 4.48. The van der Waals surface area contributed by atoms with Crippen molar-refractivity contribution < 1.29 is 22.4 Å². The van der Waals surface area contributed by atoms with Crippen molar-refractivity contribution in [3.8, 4) is 6.07 Å². The minimum Gasteiger partial charge on any atom is -0.343 e. The summed E-state index contributed by atoms with van der Waals surface area (Å²) >= 11 is 0. The van der Waals surface area contributed by atoms with E-state index in [1.807, 2.05) is 0 Å². The first-order valence-corrected chi connectivity index (χ1v) is 8.52. The number of hydrogen-bond donors (Lipinski definition) is 1. The molecule has 1 amide bonds. The maximum Gasteiger partial charge on any atom is 0.417 e. The molecule has 0 radical (unpaired) electrons. The van der Waals surface area contributed by atoms with Gasteiger partial charge in [-0.05, 0) is 50.1 Å². The van der Waals surface area contributed by atoms with Crippen LogP contribution in [0.5, 0.6) is 0 Å². The molecule has 146 valence electrons. The topological polar surface area (TPSA) is 69.0 Å². The normalized spacial score (nSPS) is 16.7. The lowest BCUT2D eigenvalue weighted by atomic mass is 10.1. The fourth-order valence-corrected chi connectivity index (χ4v) is 3.25. The smallest absolute Gasteiger partial charge is 0.343 e. The Hall–Kier alpha value is -3.15. The van der Waals surface area contributed by atoms with Gasteiger partial charge in [-0.3, -0.25) is 4.79 Å². The molecule has 2 heterocycles. The van der Waals surface area contributed by atoms with Crippen molar-refractivity contribution in [1.29, 1.82) is 5.26 Å². The van der Waals surface area contributed by atoms with Crippen LogP contribution in [0.25, 0.3) is 0 Å². The van der Waals surface area contributed by atoms with E-state index in [1.165, 1.54) is 36.1 Å². The van der Waals surface area contributed by atoms with Crippen LogP contribution in [0, 0.1) is 24.1 Å². The number of carbonyl (C=O) groups is 1. The van der Waals surface area contributed by atoms with Crippen LogP contribution in [0.15, 0.2) is 30.3 Å². The van der Waals surface area contributed by atoms with E-state index in [-0.39, 0.29) is 11.5 Å². The standard InChI is InChI=1S/C19H16F4N4O/c1-11-9-15(19(21,22)23)14(10-24)17(25-11)27-8-2-3-16(27)18(28)26-13-6-4-12(20)5-7-13/h4-7,9,16H,2-3,8H2,1H3,(H,26,28). The molecule has 9 heteroatoms. The van der Waals surface area contributed by atoms with Crippen LogP contribution in [0.2, 0.25) is 0 Å².